The van der Waals surface area contributed by atoms with Gasteiger partial charge in [0.2, 0.25) is 0 Å². The van der Waals surface area contributed by atoms with Crippen molar-refractivity contribution in [3.63, 3.8) is 0 Å². The number of hydrogen-bond acceptors (Lipinski definition) is 4. The van der Waals surface area contributed by atoms with Crippen molar-refractivity contribution in [2.24, 2.45) is 0 Å². The van der Waals surface area contributed by atoms with Gasteiger partial charge in [0.05, 0.1) is 13.5 Å². The fourth-order valence-electron chi connectivity index (χ4n) is 2.05. The molecule has 0 unspecified atom stereocenters. The highest BCUT2D eigenvalue weighted by atomic mass is 19.1. The van der Waals surface area contributed by atoms with E-state index in [0.717, 1.165) is 5.56 Å². The number of methoxy groups -OCH3 is 1. The van der Waals surface area contributed by atoms with Crippen LogP contribution >= 0.6 is 0 Å². The van der Waals surface area contributed by atoms with E-state index in [1.807, 2.05) is 12.1 Å². The van der Waals surface area contributed by atoms with Crippen LogP contribution in [-0.2, 0) is 16.1 Å². The van der Waals surface area contributed by atoms with E-state index in [2.05, 4.69) is 0 Å². The second kappa shape index (κ2) is 8.08. The molecule has 120 valence electrons. The van der Waals surface area contributed by atoms with Gasteiger partial charge < -0.3 is 9.47 Å². The van der Waals surface area contributed by atoms with Crippen LogP contribution in [0, 0.1) is 5.82 Å². The first-order valence-electron chi connectivity index (χ1n) is 7.16. The van der Waals surface area contributed by atoms with Gasteiger partial charge in [-0.1, -0.05) is 18.2 Å². The summed E-state index contributed by atoms with van der Waals surface area (Å²) in [5.74, 6) is -0.453. The van der Waals surface area contributed by atoms with Gasteiger partial charge in [-0.05, 0) is 30.3 Å². The molecule has 0 N–H and O–H groups in total. The molecule has 0 aliphatic heterocycles. The third-order valence-electron chi connectivity index (χ3n) is 3.30. The number of para-hydroxylation sites is 1. The maximum Gasteiger partial charge on any atom is 0.306 e. The van der Waals surface area contributed by atoms with Crippen molar-refractivity contribution in [1.82, 2.24) is 0 Å². The fourth-order valence-corrected chi connectivity index (χ4v) is 2.05. The molecule has 5 heteroatoms. The third kappa shape index (κ3) is 4.92. The molecular weight excluding hydrogens is 299 g/mol. The zero-order chi connectivity index (χ0) is 16.7. The van der Waals surface area contributed by atoms with Crippen LogP contribution in [-0.4, -0.2) is 18.9 Å². The van der Waals surface area contributed by atoms with Crippen molar-refractivity contribution in [3.05, 3.63) is 65.5 Å². The molecule has 2 aromatic rings. The molecule has 0 aromatic heterocycles. The van der Waals surface area contributed by atoms with Crippen molar-refractivity contribution >= 4 is 11.8 Å². The first kappa shape index (κ1) is 16.7. The molecule has 0 saturated carbocycles. The van der Waals surface area contributed by atoms with Gasteiger partial charge in [-0.2, -0.15) is 0 Å². The summed E-state index contributed by atoms with van der Waals surface area (Å²) in [7, 11) is 1.54. The van der Waals surface area contributed by atoms with E-state index >= 15 is 0 Å². The van der Waals surface area contributed by atoms with Crippen molar-refractivity contribution in [2.45, 2.75) is 19.4 Å². The minimum atomic E-state index is -0.466. The molecule has 0 heterocycles. The molecule has 0 radical (unpaired) electrons. The maximum absolute atomic E-state index is 12.8. The lowest BCUT2D eigenvalue weighted by Gasteiger charge is -2.09. The Labute approximate surface area is 133 Å². The first-order valence-corrected chi connectivity index (χ1v) is 7.16. The fraction of sp³-hybridized carbons (Fsp3) is 0.222. The van der Waals surface area contributed by atoms with Gasteiger partial charge in [0.1, 0.15) is 18.2 Å². The van der Waals surface area contributed by atoms with Crippen LogP contribution in [0.25, 0.3) is 0 Å². The van der Waals surface area contributed by atoms with Crippen LogP contribution in [0.1, 0.15) is 28.8 Å². The van der Waals surface area contributed by atoms with Crippen LogP contribution in [0.3, 0.4) is 0 Å². The predicted octanol–water partition coefficient (Wildman–Crippen LogP) is 3.54. The van der Waals surface area contributed by atoms with Crippen LogP contribution in [0.15, 0.2) is 48.5 Å². The number of ketones is 1. The number of rotatable bonds is 7. The number of benzene rings is 2. The summed E-state index contributed by atoms with van der Waals surface area (Å²) in [4.78, 5) is 23.6. The highest BCUT2D eigenvalue weighted by Crippen LogP contribution is 2.18. The Bertz CT molecular complexity index is 680. The molecule has 2 aromatic carbocycles. The average Bonchev–Trinajstić information content (AvgIpc) is 2.58. The number of hydrogen-bond donors (Lipinski definition) is 0. The van der Waals surface area contributed by atoms with Gasteiger partial charge in [0.15, 0.2) is 5.78 Å². The Morgan fingerprint density at radius 3 is 2.39 bits per heavy atom. The summed E-state index contributed by atoms with van der Waals surface area (Å²) in [5, 5.41) is 0. The summed E-state index contributed by atoms with van der Waals surface area (Å²) in [6.07, 6.45) is 0.00174. The van der Waals surface area contributed by atoms with Crippen LogP contribution in [0.4, 0.5) is 4.39 Å². The SMILES string of the molecule is COc1ccccc1COC(=O)CCC(=O)c1ccc(F)cc1. The quantitative estimate of drug-likeness (QED) is 0.579. The second-order valence-corrected chi connectivity index (χ2v) is 4.90. The van der Waals surface area contributed by atoms with E-state index in [1.165, 1.54) is 24.3 Å². The second-order valence-electron chi connectivity index (χ2n) is 4.90. The molecule has 0 saturated heterocycles. The minimum absolute atomic E-state index is 0.0225. The summed E-state index contributed by atoms with van der Waals surface area (Å²) in [6.45, 7) is 0.0909. The van der Waals surface area contributed by atoms with Gasteiger partial charge in [-0.3, -0.25) is 9.59 Å². The summed E-state index contributed by atoms with van der Waals surface area (Å²) in [5.41, 5.74) is 1.14. The highest BCUT2D eigenvalue weighted by molar-refractivity contribution is 5.97. The number of Topliss-reactive ketones (excluding diaryl/α,β-unsaturated/α-hetero) is 1. The van der Waals surface area contributed by atoms with Crippen LogP contribution in [0.2, 0.25) is 0 Å². The summed E-state index contributed by atoms with van der Waals surface area (Å²) >= 11 is 0. The molecule has 0 aliphatic carbocycles. The number of halogens is 1. The zero-order valence-electron chi connectivity index (χ0n) is 12.8. The van der Waals surface area contributed by atoms with E-state index in [4.69, 9.17) is 9.47 Å². The average molecular weight is 316 g/mol. The Balaban J connectivity index is 1.81. The van der Waals surface area contributed by atoms with Gasteiger partial charge >= 0.3 is 5.97 Å². The Morgan fingerprint density at radius 2 is 1.70 bits per heavy atom. The molecular formula is C18H17FO4. The molecule has 0 bridgehead atoms. The molecule has 0 amide bonds. The van der Waals surface area contributed by atoms with Gasteiger partial charge in [-0.25, -0.2) is 4.39 Å². The Kier molecular flexibility index (Phi) is 5.86. The number of esters is 1. The normalized spacial score (nSPS) is 10.2. The topological polar surface area (TPSA) is 52.6 Å². The molecule has 0 fully saturated rings. The monoisotopic (exact) mass is 316 g/mol. The zero-order valence-corrected chi connectivity index (χ0v) is 12.8. The summed E-state index contributed by atoms with van der Waals surface area (Å²) < 4.78 is 23.1. The van der Waals surface area contributed by atoms with E-state index in [9.17, 15) is 14.0 Å². The molecule has 0 atom stereocenters. The molecule has 0 aliphatic rings. The lowest BCUT2D eigenvalue weighted by atomic mass is 10.1. The number of carbonyl (C=O) groups is 2. The Hall–Kier alpha value is -2.69. The predicted molar refractivity (Wildman–Crippen MR) is 82.8 cm³/mol. The van der Waals surface area contributed by atoms with Gasteiger partial charge in [0.25, 0.3) is 0 Å². The molecule has 0 spiro atoms. The van der Waals surface area contributed by atoms with Crippen LogP contribution < -0.4 is 4.74 Å². The van der Waals surface area contributed by atoms with Crippen molar-refractivity contribution in [1.29, 1.82) is 0 Å². The third-order valence-corrected chi connectivity index (χ3v) is 3.30. The number of carbonyl (C=O) groups excluding carboxylic acids is 2. The van der Waals surface area contributed by atoms with Gasteiger partial charge in [0, 0.05) is 17.5 Å². The van der Waals surface area contributed by atoms with Crippen molar-refractivity contribution < 1.29 is 23.5 Å². The highest BCUT2D eigenvalue weighted by Gasteiger charge is 2.11. The number of ether oxygens (including phenoxy) is 2. The summed E-state index contributed by atoms with van der Waals surface area (Å²) in [6, 6.07) is 12.5. The van der Waals surface area contributed by atoms with Crippen molar-refractivity contribution in [2.75, 3.05) is 7.11 Å². The Morgan fingerprint density at radius 1 is 1.00 bits per heavy atom. The maximum atomic E-state index is 12.8. The van der Waals surface area contributed by atoms with E-state index < -0.39 is 11.8 Å². The standard InChI is InChI=1S/C18H17FO4/c1-22-17-5-3-2-4-14(17)12-23-18(21)11-10-16(20)13-6-8-15(19)9-7-13/h2-9H,10-12H2,1H3. The minimum Gasteiger partial charge on any atom is -0.496 e. The van der Waals surface area contributed by atoms with Crippen molar-refractivity contribution in [3.8, 4) is 5.75 Å². The van der Waals surface area contributed by atoms with E-state index in [-0.39, 0.29) is 25.2 Å². The molecule has 23 heavy (non-hydrogen) atoms. The lowest BCUT2D eigenvalue weighted by Crippen LogP contribution is -2.08. The van der Waals surface area contributed by atoms with Crippen LogP contribution in [0.5, 0.6) is 5.75 Å². The van der Waals surface area contributed by atoms with E-state index in [0.29, 0.717) is 11.3 Å². The largest absolute Gasteiger partial charge is 0.496 e. The molecule has 4 nitrogen and oxygen atoms in total. The smallest absolute Gasteiger partial charge is 0.306 e. The van der Waals surface area contributed by atoms with Gasteiger partial charge in [-0.15, -0.1) is 0 Å². The lowest BCUT2D eigenvalue weighted by molar-refractivity contribution is -0.144. The van der Waals surface area contributed by atoms with E-state index in [1.54, 1.807) is 19.2 Å². The molecule has 2 rings (SSSR count). The first-order chi connectivity index (χ1) is 11.1.